The van der Waals surface area contributed by atoms with Gasteiger partial charge in [0.15, 0.2) is 0 Å². The van der Waals surface area contributed by atoms with Crippen LogP contribution < -0.4 is 5.73 Å². The van der Waals surface area contributed by atoms with Crippen LogP contribution in [0.2, 0.25) is 0 Å². The zero-order valence-corrected chi connectivity index (χ0v) is 8.22. The largest absolute Gasteiger partial charge is 0.329 e. The van der Waals surface area contributed by atoms with Crippen molar-refractivity contribution >= 4 is 5.78 Å². The predicted octanol–water partition coefficient (Wildman–Crippen LogP) is 1.87. The third-order valence-corrected chi connectivity index (χ3v) is 3.74. The number of hydrogen-bond acceptors (Lipinski definition) is 2. The molecular weight excluding hydrogens is 162 g/mol. The maximum atomic E-state index is 12.0. The zero-order valence-electron chi connectivity index (χ0n) is 8.22. The van der Waals surface area contributed by atoms with Crippen molar-refractivity contribution in [2.24, 2.45) is 17.1 Å². The highest BCUT2D eigenvalue weighted by Crippen LogP contribution is 2.48. The number of Topliss-reactive ketones (excluding diaryl/α,β-unsaturated/α-hetero) is 1. The molecule has 0 aromatic rings. The van der Waals surface area contributed by atoms with Crippen LogP contribution in [0.4, 0.5) is 0 Å². The van der Waals surface area contributed by atoms with Crippen LogP contribution in [0.3, 0.4) is 0 Å². The molecule has 0 atom stereocenters. The first-order chi connectivity index (χ1) is 6.28. The minimum Gasteiger partial charge on any atom is -0.329 e. The van der Waals surface area contributed by atoms with Crippen LogP contribution in [0.25, 0.3) is 0 Å². The van der Waals surface area contributed by atoms with Crippen LogP contribution >= 0.6 is 0 Å². The van der Waals surface area contributed by atoms with Gasteiger partial charge in [0.25, 0.3) is 0 Å². The van der Waals surface area contributed by atoms with Crippen molar-refractivity contribution in [1.29, 1.82) is 0 Å². The average molecular weight is 181 g/mol. The molecule has 2 N–H and O–H groups in total. The van der Waals surface area contributed by atoms with Gasteiger partial charge >= 0.3 is 0 Å². The predicted molar refractivity (Wildman–Crippen MR) is 52.3 cm³/mol. The van der Waals surface area contributed by atoms with Crippen molar-refractivity contribution in [2.75, 3.05) is 6.54 Å². The minimum atomic E-state index is -0.0536. The van der Waals surface area contributed by atoms with E-state index in [0.717, 1.165) is 25.7 Å². The Bertz CT molecular complexity index is 202. The highest BCUT2D eigenvalue weighted by atomic mass is 16.1. The number of rotatable bonds is 3. The summed E-state index contributed by atoms with van der Waals surface area (Å²) in [6.45, 7) is 0.586. The molecule has 2 rings (SSSR count). The minimum absolute atomic E-state index is 0.0536. The molecule has 0 aliphatic heterocycles. The SMILES string of the molecule is NCC1(C(=O)C2CCCCC2)CC1. The van der Waals surface area contributed by atoms with E-state index in [2.05, 4.69) is 0 Å². The first-order valence-corrected chi connectivity index (χ1v) is 5.53. The van der Waals surface area contributed by atoms with Crippen LogP contribution in [0.5, 0.6) is 0 Å². The fraction of sp³-hybridized carbons (Fsp3) is 0.909. The summed E-state index contributed by atoms with van der Waals surface area (Å²) in [7, 11) is 0. The van der Waals surface area contributed by atoms with Crippen molar-refractivity contribution < 1.29 is 4.79 Å². The van der Waals surface area contributed by atoms with E-state index in [0.29, 0.717) is 18.2 Å². The standard InChI is InChI=1S/C11H19NO/c12-8-11(6-7-11)10(13)9-4-2-1-3-5-9/h9H,1-8,12H2. The van der Waals surface area contributed by atoms with Crippen molar-refractivity contribution in [3.8, 4) is 0 Å². The fourth-order valence-corrected chi connectivity index (χ4v) is 2.50. The second-order valence-corrected chi connectivity index (χ2v) is 4.68. The number of nitrogens with two attached hydrogens (primary N) is 1. The maximum absolute atomic E-state index is 12.0. The molecule has 0 bridgehead atoms. The number of ketones is 1. The van der Waals surface area contributed by atoms with Gasteiger partial charge in [0.05, 0.1) is 0 Å². The number of carbonyl (C=O) groups excluding carboxylic acids is 1. The summed E-state index contributed by atoms with van der Waals surface area (Å²) in [4.78, 5) is 12.0. The van der Waals surface area contributed by atoms with Gasteiger partial charge < -0.3 is 5.73 Å². The van der Waals surface area contributed by atoms with Crippen LogP contribution in [0.15, 0.2) is 0 Å². The molecule has 0 radical (unpaired) electrons. The number of carbonyl (C=O) groups is 1. The maximum Gasteiger partial charge on any atom is 0.143 e. The molecule has 0 saturated heterocycles. The van der Waals surface area contributed by atoms with Gasteiger partial charge in [-0.25, -0.2) is 0 Å². The summed E-state index contributed by atoms with van der Waals surface area (Å²) in [6, 6.07) is 0. The van der Waals surface area contributed by atoms with Crippen LogP contribution in [0.1, 0.15) is 44.9 Å². The molecule has 0 spiro atoms. The Labute approximate surface area is 79.9 Å². The molecular formula is C11H19NO. The van der Waals surface area contributed by atoms with E-state index >= 15 is 0 Å². The van der Waals surface area contributed by atoms with Crippen LogP contribution in [0, 0.1) is 11.3 Å². The van der Waals surface area contributed by atoms with E-state index in [-0.39, 0.29) is 5.41 Å². The highest BCUT2D eigenvalue weighted by Gasteiger charge is 2.50. The first kappa shape index (κ1) is 9.20. The van der Waals surface area contributed by atoms with Crippen molar-refractivity contribution in [2.45, 2.75) is 44.9 Å². The van der Waals surface area contributed by atoms with Gasteiger partial charge in [-0.05, 0) is 25.7 Å². The van der Waals surface area contributed by atoms with E-state index in [1.54, 1.807) is 0 Å². The summed E-state index contributed by atoms with van der Waals surface area (Å²) < 4.78 is 0. The summed E-state index contributed by atoms with van der Waals surface area (Å²) in [6.07, 6.45) is 8.17. The Morgan fingerprint density at radius 1 is 1.23 bits per heavy atom. The van der Waals surface area contributed by atoms with Gasteiger partial charge in [0.2, 0.25) is 0 Å². The second-order valence-electron chi connectivity index (χ2n) is 4.68. The van der Waals surface area contributed by atoms with Gasteiger partial charge in [-0.3, -0.25) is 4.79 Å². The van der Waals surface area contributed by atoms with Gasteiger partial charge in [0.1, 0.15) is 5.78 Å². The molecule has 74 valence electrons. The topological polar surface area (TPSA) is 43.1 Å². The molecule has 0 heterocycles. The average Bonchev–Trinajstić information content (AvgIpc) is 2.99. The summed E-state index contributed by atoms with van der Waals surface area (Å²) >= 11 is 0. The van der Waals surface area contributed by atoms with E-state index < -0.39 is 0 Å². The Hall–Kier alpha value is -0.370. The summed E-state index contributed by atoms with van der Waals surface area (Å²) in [5.41, 5.74) is 5.60. The molecule has 0 unspecified atom stereocenters. The summed E-state index contributed by atoms with van der Waals surface area (Å²) in [5.74, 6) is 0.856. The summed E-state index contributed by atoms with van der Waals surface area (Å²) in [5, 5.41) is 0. The molecule has 2 fully saturated rings. The van der Waals surface area contributed by atoms with Crippen LogP contribution in [-0.2, 0) is 4.79 Å². The van der Waals surface area contributed by atoms with Gasteiger partial charge in [-0.15, -0.1) is 0 Å². The molecule has 2 aliphatic rings. The molecule has 0 aromatic carbocycles. The highest BCUT2D eigenvalue weighted by molar-refractivity contribution is 5.89. The lowest BCUT2D eigenvalue weighted by Crippen LogP contribution is -2.32. The van der Waals surface area contributed by atoms with Gasteiger partial charge in [-0.1, -0.05) is 19.3 Å². The van der Waals surface area contributed by atoms with Crippen molar-refractivity contribution in [3.05, 3.63) is 0 Å². The van der Waals surface area contributed by atoms with E-state index in [4.69, 9.17) is 5.73 Å². The zero-order chi connectivity index (χ0) is 9.31. The molecule has 2 heteroatoms. The normalized spacial score (nSPS) is 27.2. The molecule has 2 aliphatic carbocycles. The third kappa shape index (κ3) is 1.64. The Morgan fingerprint density at radius 3 is 2.31 bits per heavy atom. The van der Waals surface area contributed by atoms with E-state index in [1.165, 1.54) is 19.3 Å². The fourth-order valence-electron chi connectivity index (χ4n) is 2.50. The lowest BCUT2D eigenvalue weighted by atomic mass is 9.80. The lowest BCUT2D eigenvalue weighted by molar-refractivity contribution is -0.128. The Balaban J connectivity index is 1.95. The van der Waals surface area contributed by atoms with Crippen LogP contribution in [-0.4, -0.2) is 12.3 Å². The van der Waals surface area contributed by atoms with Gasteiger partial charge in [0, 0.05) is 17.9 Å². The second kappa shape index (κ2) is 3.41. The smallest absolute Gasteiger partial charge is 0.143 e. The van der Waals surface area contributed by atoms with Crippen molar-refractivity contribution in [1.82, 2.24) is 0 Å². The monoisotopic (exact) mass is 181 g/mol. The molecule has 0 amide bonds. The van der Waals surface area contributed by atoms with Crippen molar-refractivity contribution in [3.63, 3.8) is 0 Å². The molecule has 2 nitrogen and oxygen atoms in total. The molecule has 2 saturated carbocycles. The van der Waals surface area contributed by atoms with Gasteiger partial charge in [-0.2, -0.15) is 0 Å². The Kier molecular flexibility index (Phi) is 2.41. The Morgan fingerprint density at radius 2 is 1.85 bits per heavy atom. The molecule has 0 aromatic heterocycles. The quantitative estimate of drug-likeness (QED) is 0.722. The first-order valence-electron chi connectivity index (χ1n) is 5.53. The van der Waals surface area contributed by atoms with E-state index in [1.807, 2.05) is 0 Å². The molecule has 13 heavy (non-hydrogen) atoms. The van der Waals surface area contributed by atoms with E-state index in [9.17, 15) is 4.79 Å². The number of hydrogen-bond donors (Lipinski definition) is 1. The lowest BCUT2D eigenvalue weighted by Gasteiger charge is -2.24. The third-order valence-electron chi connectivity index (χ3n) is 3.74.